The summed E-state index contributed by atoms with van der Waals surface area (Å²) in [7, 11) is 0. The van der Waals surface area contributed by atoms with Crippen LogP contribution in [0.5, 0.6) is 0 Å². The molecule has 3 nitrogen and oxygen atoms in total. The van der Waals surface area contributed by atoms with E-state index in [0.717, 1.165) is 31.4 Å². The Balaban J connectivity index is 2.07. The molecule has 0 aliphatic rings. The van der Waals surface area contributed by atoms with Crippen molar-refractivity contribution in [2.45, 2.75) is 51.4 Å². The predicted octanol–water partition coefficient (Wildman–Crippen LogP) is 3.88. The minimum atomic E-state index is -0.227. The van der Waals surface area contributed by atoms with E-state index in [2.05, 4.69) is 19.1 Å². The van der Waals surface area contributed by atoms with Gasteiger partial charge in [0.2, 0.25) is 5.91 Å². The monoisotopic (exact) mass is 307 g/mol. The second-order valence-corrected chi connectivity index (χ2v) is 6.52. The Morgan fingerprint density at radius 3 is 2.43 bits per heavy atom. The van der Waals surface area contributed by atoms with E-state index in [-0.39, 0.29) is 16.9 Å². The van der Waals surface area contributed by atoms with Crippen LogP contribution in [-0.2, 0) is 9.59 Å². The molecule has 2 N–H and O–H groups in total. The van der Waals surface area contributed by atoms with Gasteiger partial charge in [-0.2, -0.15) is 0 Å². The van der Waals surface area contributed by atoms with E-state index < -0.39 is 0 Å². The maximum atomic E-state index is 11.9. The summed E-state index contributed by atoms with van der Waals surface area (Å²) in [5.41, 5.74) is 6.30. The lowest BCUT2D eigenvalue weighted by Crippen LogP contribution is -2.09. The van der Waals surface area contributed by atoms with Crippen LogP contribution in [0.15, 0.2) is 30.3 Å². The quantitative estimate of drug-likeness (QED) is 0.667. The van der Waals surface area contributed by atoms with Crippen molar-refractivity contribution in [1.82, 2.24) is 0 Å². The molecule has 0 saturated carbocycles. The average molecular weight is 307 g/mol. The third-order valence-corrected chi connectivity index (χ3v) is 4.40. The molecule has 0 spiro atoms. The number of nitrogens with two attached hydrogens (primary N) is 1. The van der Waals surface area contributed by atoms with Crippen LogP contribution in [0.1, 0.15) is 56.9 Å². The molecule has 4 heteroatoms. The molecule has 0 radical (unpaired) electrons. The van der Waals surface area contributed by atoms with Crippen molar-refractivity contribution < 1.29 is 9.59 Å². The van der Waals surface area contributed by atoms with E-state index in [1.54, 1.807) is 0 Å². The van der Waals surface area contributed by atoms with Crippen LogP contribution in [0.3, 0.4) is 0 Å². The highest BCUT2D eigenvalue weighted by Gasteiger charge is 2.11. The Labute approximate surface area is 131 Å². The van der Waals surface area contributed by atoms with Crippen molar-refractivity contribution in [3.8, 4) is 0 Å². The van der Waals surface area contributed by atoms with Gasteiger partial charge in [-0.15, -0.1) is 0 Å². The summed E-state index contributed by atoms with van der Waals surface area (Å²) in [5.74, 6) is 0.924. The molecule has 0 aromatic heterocycles. The summed E-state index contributed by atoms with van der Waals surface area (Å²) < 4.78 is 0. The molecule has 0 saturated heterocycles. The summed E-state index contributed by atoms with van der Waals surface area (Å²) in [5, 5.41) is 0.267. The first-order valence-electron chi connectivity index (χ1n) is 7.58. The van der Waals surface area contributed by atoms with Gasteiger partial charge in [0.05, 0.1) is 0 Å². The minimum Gasteiger partial charge on any atom is -0.370 e. The lowest BCUT2D eigenvalue weighted by molar-refractivity contribution is -0.118. The predicted molar refractivity (Wildman–Crippen MR) is 89.2 cm³/mol. The van der Waals surface area contributed by atoms with Crippen molar-refractivity contribution in [3.05, 3.63) is 35.9 Å². The first-order valence-corrected chi connectivity index (χ1v) is 8.57. The van der Waals surface area contributed by atoms with Crippen molar-refractivity contribution in [2.75, 3.05) is 5.75 Å². The van der Waals surface area contributed by atoms with E-state index in [0.29, 0.717) is 12.8 Å². The van der Waals surface area contributed by atoms with Crippen molar-refractivity contribution in [3.63, 3.8) is 0 Å². The van der Waals surface area contributed by atoms with Crippen LogP contribution < -0.4 is 5.73 Å². The maximum absolute atomic E-state index is 11.9. The highest BCUT2D eigenvalue weighted by Crippen LogP contribution is 2.22. The summed E-state index contributed by atoms with van der Waals surface area (Å²) in [4.78, 5) is 22.5. The number of carbonyl (C=O) groups excluding carboxylic acids is 2. The second kappa shape index (κ2) is 10.4. The van der Waals surface area contributed by atoms with E-state index in [4.69, 9.17) is 5.73 Å². The van der Waals surface area contributed by atoms with Crippen LogP contribution in [0.4, 0.5) is 0 Å². The highest BCUT2D eigenvalue weighted by atomic mass is 32.2. The second-order valence-electron chi connectivity index (χ2n) is 5.37. The number of thioether (sulfide) groups is 1. The van der Waals surface area contributed by atoms with Gasteiger partial charge in [0.25, 0.3) is 0 Å². The van der Waals surface area contributed by atoms with Crippen LogP contribution >= 0.6 is 11.8 Å². The van der Waals surface area contributed by atoms with Crippen molar-refractivity contribution in [2.24, 2.45) is 5.73 Å². The number of carbonyl (C=O) groups is 2. The smallest absolute Gasteiger partial charge is 0.217 e. The van der Waals surface area contributed by atoms with E-state index in [1.807, 2.05) is 18.2 Å². The fraction of sp³-hybridized carbons (Fsp3) is 0.529. The highest BCUT2D eigenvalue weighted by molar-refractivity contribution is 8.13. The summed E-state index contributed by atoms with van der Waals surface area (Å²) in [6.07, 6.45) is 5.02. The number of hydrogen-bond acceptors (Lipinski definition) is 3. The number of unbranched alkanes of at least 4 members (excludes halogenated alkanes) is 3. The Morgan fingerprint density at radius 2 is 1.76 bits per heavy atom. The normalized spacial score (nSPS) is 12.0. The number of primary amides is 1. The fourth-order valence-corrected chi connectivity index (χ4v) is 3.09. The van der Waals surface area contributed by atoms with Gasteiger partial charge in [-0.3, -0.25) is 9.59 Å². The summed E-state index contributed by atoms with van der Waals surface area (Å²) in [6.45, 7) is 2.09. The molecule has 0 aliphatic heterocycles. The van der Waals surface area contributed by atoms with E-state index in [1.165, 1.54) is 17.3 Å². The van der Waals surface area contributed by atoms with Crippen LogP contribution in [-0.4, -0.2) is 16.8 Å². The van der Waals surface area contributed by atoms with Crippen molar-refractivity contribution in [1.29, 1.82) is 0 Å². The van der Waals surface area contributed by atoms with Gasteiger partial charge in [0, 0.05) is 18.6 Å². The number of benzene rings is 1. The zero-order valence-corrected chi connectivity index (χ0v) is 13.5. The number of rotatable bonds is 10. The fourth-order valence-electron chi connectivity index (χ4n) is 2.15. The van der Waals surface area contributed by atoms with E-state index in [9.17, 15) is 9.59 Å². The lowest BCUT2D eigenvalue weighted by atomic mass is 9.99. The van der Waals surface area contributed by atoms with Crippen LogP contribution in [0, 0.1) is 0 Å². The molecular formula is C17H25NO2S. The van der Waals surface area contributed by atoms with Gasteiger partial charge in [0.1, 0.15) is 0 Å². The van der Waals surface area contributed by atoms with E-state index >= 15 is 0 Å². The molecule has 21 heavy (non-hydrogen) atoms. The Bertz CT molecular complexity index is 434. The molecule has 1 aromatic carbocycles. The largest absolute Gasteiger partial charge is 0.370 e. The number of hydrogen-bond donors (Lipinski definition) is 1. The standard InChI is InChI=1S/C17H25NO2S/c1-14(15-9-5-4-6-10-15)13-17(20)21-12-8-3-2-7-11-16(18)19/h4-6,9-10,14H,2-3,7-8,11-13H2,1H3,(H2,18,19). The zero-order valence-electron chi connectivity index (χ0n) is 12.7. The lowest BCUT2D eigenvalue weighted by Gasteiger charge is -2.10. The van der Waals surface area contributed by atoms with Crippen LogP contribution in [0.25, 0.3) is 0 Å². The molecule has 1 unspecified atom stereocenters. The van der Waals surface area contributed by atoms with Gasteiger partial charge in [-0.25, -0.2) is 0 Å². The van der Waals surface area contributed by atoms with Gasteiger partial charge in [-0.05, 0) is 24.3 Å². The molecule has 1 aromatic rings. The molecule has 0 heterocycles. The topological polar surface area (TPSA) is 60.2 Å². The summed E-state index contributed by atoms with van der Waals surface area (Å²) in [6, 6.07) is 10.2. The van der Waals surface area contributed by atoms with Gasteiger partial charge < -0.3 is 5.73 Å². The molecule has 0 fully saturated rings. The minimum absolute atomic E-state index is 0.227. The molecule has 116 valence electrons. The van der Waals surface area contributed by atoms with Gasteiger partial charge in [-0.1, -0.05) is 61.9 Å². The first kappa shape index (κ1) is 17.8. The molecule has 0 aliphatic carbocycles. The molecular weight excluding hydrogens is 282 g/mol. The summed E-state index contributed by atoms with van der Waals surface area (Å²) >= 11 is 1.43. The SMILES string of the molecule is CC(CC(=O)SCCCCCCC(N)=O)c1ccccc1. The van der Waals surface area contributed by atoms with Crippen molar-refractivity contribution >= 4 is 22.8 Å². The third kappa shape index (κ3) is 8.56. The molecule has 1 atom stereocenters. The Hall–Kier alpha value is -1.29. The number of amides is 1. The maximum Gasteiger partial charge on any atom is 0.217 e. The first-order chi connectivity index (χ1) is 10.1. The molecule has 0 bridgehead atoms. The third-order valence-electron chi connectivity index (χ3n) is 3.42. The Kier molecular flexibility index (Phi) is 8.83. The van der Waals surface area contributed by atoms with Gasteiger partial charge in [0.15, 0.2) is 5.12 Å². The Morgan fingerprint density at radius 1 is 1.10 bits per heavy atom. The zero-order chi connectivity index (χ0) is 15.5. The average Bonchev–Trinajstić information content (AvgIpc) is 2.46. The molecule has 1 amide bonds. The van der Waals surface area contributed by atoms with Crippen LogP contribution in [0.2, 0.25) is 0 Å². The molecule has 1 rings (SSSR count). The van der Waals surface area contributed by atoms with Gasteiger partial charge >= 0.3 is 0 Å².